The van der Waals surface area contributed by atoms with Gasteiger partial charge < -0.3 is 5.32 Å². The van der Waals surface area contributed by atoms with Gasteiger partial charge in [0, 0.05) is 11.0 Å². The highest BCUT2D eigenvalue weighted by Gasteiger charge is 2.08. The van der Waals surface area contributed by atoms with Crippen molar-refractivity contribution in [2.45, 2.75) is 6.54 Å². The second-order valence-electron chi connectivity index (χ2n) is 3.20. The van der Waals surface area contributed by atoms with Crippen LogP contribution in [0.5, 0.6) is 0 Å². The number of hydrogen-bond acceptors (Lipinski definition) is 4. The van der Waals surface area contributed by atoms with Crippen LogP contribution in [0.4, 0.5) is 5.13 Å². The predicted octanol–water partition coefficient (Wildman–Crippen LogP) is 4.04. The number of nitriles is 1. The minimum Gasteiger partial charge on any atom is -0.357 e. The first kappa shape index (κ1) is 12.4. The van der Waals surface area contributed by atoms with Gasteiger partial charge in [0.15, 0.2) is 10.3 Å². The zero-order valence-corrected chi connectivity index (χ0v) is 11.7. The first-order chi connectivity index (χ1) is 8.20. The topological polar surface area (TPSA) is 48.7 Å². The standard InChI is InChI=1S/C11H7BrClN3S/c12-8-4-2-1-3-7(8)6-15-11-16-10(13)9(5-14)17-11/h1-4H,6H2,(H,15,16). The van der Waals surface area contributed by atoms with E-state index in [1.165, 1.54) is 11.3 Å². The number of hydrogen-bond donors (Lipinski definition) is 1. The molecule has 0 aliphatic rings. The summed E-state index contributed by atoms with van der Waals surface area (Å²) in [5.74, 6) is 0. The molecule has 2 rings (SSSR count). The summed E-state index contributed by atoms with van der Waals surface area (Å²) in [5.41, 5.74) is 1.12. The molecular formula is C11H7BrClN3S. The van der Waals surface area contributed by atoms with Gasteiger partial charge >= 0.3 is 0 Å². The van der Waals surface area contributed by atoms with Gasteiger partial charge in [-0.2, -0.15) is 5.26 Å². The first-order valence-corrected chi connectivity index (χ1v) is 6.73. The van der Waals surface area contributed by atoms with Crippen molar-refractivity contribution in [2.24, 2.45) is 0 Å². The minimum atomic E-state index is 0.257. The van der Waals surface area contributed by atoms with E-state index < -0.39 is 0 Å². The Hall–Kier alpha value is -1.09. The monoisotopic (exact) mass is 327 g/mol. The van der Waals surface area contributed by atoms with Gasteiger partial charge in [0.2, 0.25) is 0 Å². The molecule has 0 aliphatic carbocycles. The molecule has 6 heteroatoms. The summed E-state index contributed by atoms with van der Waals surface area (Å²) in [7, 11) is 0. The van der Waals surface area contributed by atoms with E-state index in [-0.39, 0.29) is 5.15 Å². The fourth-order valence-electron chi connectivity index (χ4n) is 1.26. The molecule has 0 radical (unpaired) electrons. The lowest BCUT2D eigenvalue weighted by molar-refractivity contribution is 1.12. The predicted molar refractivity (Wildman–Crippen MR) is 73.3 cm³/mol. The summed E-state index contributed by atoms with van der Waals surface area (Å²) in [4.78, 5) is 4.49. The number of rotatable bonds is 3. The van der Waals surface area contributed by atoms with Gasteiger partial charge in [-0.3, -0.25) is 0 Å². The summed E-state index contributed by atoms with van der Waals surface area (Å²) in [5, 5.41) is 12.8. The van der Waals surface area contributed by atoms with E-state index >= 15 is 0 Å². The lowest BCUT2D eigenvalue weighted by atomic mass is 10.2. The molecule has 3 nitrogen and oxygen atoms in total. The zero-order chi connectivity index (χ0) is 12.3. The molecule has 0 atom stereocenters. The summed E-state index contributed by atoms with van der Waals surface area (Å²) in [6.45, 7) is 0.635. The molecular weight excluding hydrogens is 322 g/mol. The first-order valence-electron chi connectivity index (χ1n) is 4.74. The van der Waals surface area contributed by atoms with Crippen LogP contribution in [-0.2, 0) is 6.54 Å². The molecule has 0 unspecified atom stereocenters. The Bertz CT molecular complexity index is 576. The fourth-order valence-corrected chi connectivity index (χ4v) is 2.63. The molecule has 0 saturated heterocycles. The van der Waals surface area contributed by atoms with Crippen LogP contribution in [0, 0.1) is 11.3 Å². The highest BCUT2D eigenvalue weighted by molar-refractivity contribution is 9.10. The Balaban J connectivity index is 2.08. The summed E-state index contributed by atoms with van der Waals surface area (Å²) >= 11 is 10.5. The number of thiazole rings is 1. The third-order valence-electron chi connectivity index (χ3n) is 2.08. The maximum atomic E-state index is 8.76. The van der Waals surface area contributed by atoms with Crippen molar-refractivity contribution in [1.29, 1.82) is 5.26 Å². The molecule has 2 aromatic rings. The van der Waals surface area contributed by atoms with E-state index in [4.69, 9.17) is 16.9 Å². The second kappa shape index (κ2) is 5.50. The molecule has 1 heterocycles. The van der Waals surface area contributed by atoms with Crippen LogP contribution >= 0.6 is 38.9 Å². The zero-order valence-electron chi connectivity index (χ0n) is 8.58. The highest BCUT2D eigenvalue weighted by atomic mass is 79.9. The Kier molecular flexibility index (Phi) is 4.00. The van der Waals surface area contributed by atoms with Crippen molar-refractivity contribution in [2.75, 3.05) is 5.32 Å². The van der Waals surface area contributed by atoms with Crippen LogP contribution in [0.1, 0.15) is 10.4 Å². The third kappa shape index (κ3) is 2.97. The van der Waals surface area contributed by atoms with Gasteiger partial charge in [0.05, 0.1) is 0 Å². The average molecular weight is 329 g/mol. The molecule has 86 valence electrons. The normalized spacial score (nSPS) is 9.94. The average Bonchev–Trinajstić information content (AvgIpc) is 2.69. The maximum absolute atomic E-state index is 8.76. The van der Waals surface area contributed by atoms with Crippen molar-refractivity contribution in [3.8, 4) is 6.07 Å². The second-order valence-corrected chi connectivity index (χ2v) is 5.41. The number of nitrogens with one attached hydrogen (secondary N) is 1. The largest absolute Gasteiger partial charge is 0.357 e. The molecule has 0 spiro atoms. The Morgan fingerprint density at radius 3 is 2.88 bits per heavy atom. The van der Waals surface area contributed by atoms with Crippen molar-refractivity contribution >= 4 is 44.0 Å². The fraction of sp³-hybridized carbons (Fsp3) is 0.0909. The van der Waals surface area contributed by atoms with Gasteiger partial charge in [-0.15, -0.1) is 0 Å². The van der Waals surface area contributed by atoms with Gasteiger partial charge in [0.1, 0.15) is 10.9 Å². The number of aromatic nitrogens is 1. The Labute approximate surface area is 116 Å². The van der Waals surface area contributed by atoms with Gasteiger partial charge in [-0.05, 0) is 11.6 Å². The van der Waals surface area contributed by atoms with E-state index in [1.807, 2.05) is 30.3 Å². The van der Waals surface area contributed by atoms with Gasteiger partial charge in [-0.1, -0.05) is 57.1 Å². The summed E-state index contributed by atoms with van der Waals surface area (Å²) < 4.78 is 1.04. The molecule has 0 saturated carbocycles. The number of nitrogens with zero attached hydrogens (tertiary/aromatic N) is 2. The van der Waals surface area contributed by atoms with Gasteiger partial charge in [-0.25, -0.2) is 4.98 Å². The smallest absolute Gasteiger partial charge is 0.185 e. The van der Waals surface area contributed by atoms with Gasteiger partial charge in [0.25, 0.3) is 0 Å². The van der Waals surface area contributed by atoms with E-state index in [1.54, 1.807) is 0 Å². The van der Waals surface area contributed by atoms with E-state index in [2.05, 4.69) is 26.2 Å². The number of anilines is 1. The van der Waals surface area contributed by atoms with Crippen molar-refractivity contribution in [1.82, 2.24) is 4.98 Å². The molecule has 17 heavy (non-hydrogen) atoms. The molecule has 1 N–H and O–H groups in total. The molecule has 1 aromatic heterocycles. The van der Waals surface area contributed by atoms with Crippen LogP contribution in [0.3, 0.4) is 0 Å². The van der Waals surface area contributed by atoms with E-state index in [0.717, 1.165) is 10.0 Å². The molecule has 0 amide bonds. The van der Waals surface area contributed by atoms with Crippen LogP contribution in [0.25, 0.3) is 0 Å². The van der Waals surface area contributed by atoms with Crippen LogP contribution in [0.15, 0.2) is 28.7 Å². The highest BCUT2D eigenvalue weighted by Crippen LogP contribution is 2.26. The SMILES string of the molecule is N#Cc1sc(NCc2ccccc2Br)nc1Cl. The number of halogens is 2. The number of benzene rings is 1. The van der Waals surface area contributed by atoms with Crippen LogP contribution in [-0.4, -0.2) is 4.98 Å². The lowest BCUT2D eigenvalue weighted by Gasteiger charge is -2.04. The van der Waals surface area contributed by atoms with Crippen molar-refractivity contribution in [3.63, 3.8) is 0 Å². The van der Waals surface area contributed by atoms with Crippen molar-refractivity contribution in [3.05, 3.63) is 44.3 Å². The third-order valence-corrected chi connectivity index (χ3v) is 4.15. The van der Waals surface area contributed by atoms with Crippen LogP contribution in [0.2, 0.25) is 5.15 Å². The van der Waals surface area contributed by atoms with E-state index in [9.17, 15) is 0 Å². The maximum Gasteiger partial charge on any atom is 0.185 e. The molecule has 1 aromatic carbocycles. The molecule has 0 bridgehead atoms. The minimum absolute atomic E-state index is 0.257. The summed E-state index contributed by atoms with van der Waals surface area (Å²) in [6, 6.07) is 9.92. The van der Waals surface area contributed by atoms with Crippen LogP contribution < -0.4 is 5.32 Å². The quantitative estimate of drug-likeness (QED) is 0.925. The van der Waals surface area contributed by atoms with E-state index in [0.29, 0.717) is 16.6 Å². The Morgan fingerprint density at radius 2 is 2.24 bits per heavy atom. The lowest BCUT2D eigenvalue weighted by Crippen LogP contribution is -1.99. The Morgan fingerprint density at radius 1 is 1.47 bits per heavy atom. The molecule has 0 fully saturated rings. The summed E-state index contributed by atoms with van der Waals surface area (Å²) in [6.07, 6.45) is 0. The molecule has 0 aliphatic heterocycles. The van der Waals surface area contributed by atoms with Crippen molar-refractivity contribution < 1.29 is 0 Å².